The Kier molecular flexibility index (Phi) is 7.15. The number of hydrogen-bond donors (Lipinski definition) is 2. The molecule has 0 unspecified atom stereocenters. The average molecular weight is 314 g/mol. The van der Waals surface area contributed by atoms with Crippen molar-refractivity contribution in [2.24, 2.45) is 0 Å². The minimum Gasteiger partial charge on any atom is -0.508 e. The molecule has 0 amide bonds. The predicted octanol–water partition coefficient (Wildman–Crippen LogP) is 5.62. The van der Waals surface area contributed by atoms with Crippen molar-refractivity contribution in [1.82, 2.24) is 0 Å². The van der Waals surface area contributed by atoms with Crippen molar-refractivity contribution in [3.63, 3.8) is 0 Å². The normalized spacial score (nSPS) is 10.2. The summed E-state index contributed by atoms with van der Waals surface area (Å²) in [5, 5.41) is 21.2. The topological polar surface area (TPSA) is 40.5 Å². The second-order valence-corrected chi connectivity index (χ2v) is 6.82. The third-order valence-corrected chi connectivity index (χ3v) is 3.73. The number of benzene rings is 1. The third kappa shape index (κ3) is 5.97. The lowest BCUT2D eigenvalue weighted by molar-refractivity contribution is 0.446. The van der Waals surface area contributed by atoms with Crippen LogP contribution in [-0.4, -0.2) is 10.2 Å². The van der Waals surface area contributed by atoms with Crippen LogP contribution < -0.4 is 0 Å². The van der Waals surface area contributed by atoms with Crippen molar-refractivity contribution in [1.29, 1.82) is 0 Å². The number of hydrogen-bond acceptors (Lipinski definition) is 2. The Labute approximate surface area is 140 Å². The zero-order chi connectivity index (χ0) is 17.6. The maximum absolute atomic E-state index is 10.7. The van der Waals surface area contributed by atoms with Crippen LogP contribution in [0.2, 0.25) is 0 Å². The van der Waals surface area contributed by atoms with Gasteiger partial charge in [0.2, 0.25) is 0 Å². The fraction of sp³-hybridized carbons (Fsp3) is 0.429. The summed E-state index contributed by atoms with van der Waals surface area (Å²) >= 11 is 0. The standard InChI is InChI=1S/C21H30O2/c1-14(2)7-10-17-13-20(22)18(11-8-15(3)4)19(21(17)23)12-9-16(5)6/h7-9,13,22-23H,10-12H2,1-6H3. The van der Waals surface area contributed by atoms with Crippen LogP contribution in [0.4, 0.5) is 0 Å². The van der Waals surface area contributed by atoms with Gasteiger partial charge in [-0.05, 0) is 66.9 Å². The van der Waals surface area contributed by atoms with Gasteiger partial charge in [-0.1, -0.05) is 34.9 Å². The maximum atomic E-state index is 10.7. The first-order valence-corrected chi connectivity index (χ1v) is 8.18. The molecule has 1 aromatic rings. The van der Waals surface area contributed by atoms with Gasteiger partial charge in [0.15, 0.2) is 0 Å². The molecule has 0 radical (unpaired) electrons. The molecule has 0 saturated heterocycles. The first kappa shape index (κ1) is 19.1. The Morgan fingerprint density at radius 1 is 0.739 bits per heavy atom. The van der Waals surface area contributed by atoms with Gasteiger partial charge in [0.05, 0.1) is 0 Å². The van der Waals surface area contributed by atoms with E-state index in [2.05, 4.69) is 18.2 Å². The molecule has 1 rings (SSSR count). The van der Waals surface area contributed by atoms with Crippen molar-refractivity contribution < 1.29 is 10.2 Å². The highest BCUT2D eigenvalue weighted by Crippen LogP contribution is 2.35. The van der Waals surface area contributed by atoms with Gasteiger partial charge in [-0.25, -0.2) is 0 Å². The molecule has 0 aliphatic rings. The summed E-state index contributed by atoms with van der Waals surface area (Å²) in [6, 6.07) is 1.70. The summed E-state index contributed by atoms with van der Waals surface area (Å²) in [4.78, 5) is 0. The van der Waals surface area contributed by atoms with Gasteiger partial charge < -0.3 is 10.2 Å². The monoisotopic (exact) mass is 314 g/mol. The highest BCUT2D eigenvalue weighted by molar-refractivity contribution is 5.54. The van der Waals surface area contributed by atoms with Crippen LogP contribution in [0.15, 0.2) is 41.0 Å². The van der Waals surface area contributed by atoms with Gasteiger partial charge in [0, 0.05) is 16.7 Å². The van der Waals surface area contributed by atoms with E-state index in [1.807, 2.05) is 41.5 Å². The molecule has 0 atom stereocenters. The van der Waals surface area contributed by atoms with E-state index in [0.717, 1.165) is 16.7 Å². The molecule has 0 fully saturated rings. The van der Waals surface area contributed by atoms with Crippen LogP contribution in [0.1, 0.15) is 58.2 Å². The first-order chi connectivity index (χ1) is 10.7. The van der Waals surface area contributed by atoms with Crippen LogP contribution in [0.25, 0.3) is 0 Å². The summed E-state index contributed by atoms with van der Waals surface area (Å²) in [6.45, 7) is 12.2. The van der Waals surface area contributed by atoms with E-state index in [9.17, 15) is 10.2 Å². The maximum Gasteiger partial charge on any atom is 0.123 e. The Balaban J connectivity index is 3.38. The number of aromatic hydroxyl groups is 2. The fourth-order valence-electron chi connectivity index (χ4n) is 2.34. The molecule has 0 aliphatic heterocycles. The first-order valence-electron chi connectivity index (χ1n) is 8.18. The lowest BCUT2D eigenvalue weighted by Gasteiger charge is -2.15. The van der Waals surface area contributed by atoms with E-state index >= 15 is 0 Å². The minimum atomic E-state index is 0.273. The molecule has 0 bridgehead atoms. The van der Waals surface area contributed by atoms with Crippen molar-refractivity contribution in [3.05, 3.63) is 57.7 Å². The summed E-state index contributed by atoms with van der Waals surface area (Å²) in [5.41, 5.74) is 6.03. The van der Waals surface area contributed by atoms with Gasteiger partial charge in [0.25, 0.3) is 0 Å². The van der Waals surface area contributed by atoms with Crippen molar-refractivity contribution in [3.8, 4) is 11.5 Å². The van der Waals surface area contributed by atoms with Crippen LogP contribution in [0.3, 0.4) is 0 Å². The third-order valence-electron chi connectivity index (χ3n) is 3.73. The van der Waals surface area contributed by atoms with E-state index in [0.29, 0.717) is 25.0 Å². The molecule has 0 spiro atoms. The van der Waals surface area contributed by atoms with E-state index in [1.54, 1.807) is 6.07 Å². The van der Waals surface area contributed by atoms with Gasteiger partial charge in [-0.2, -0.15) is 0 Å². The second-order valence-electron chi connectivity index (χ2n) is 6.82. The predicted molar refractivity (Wildman–Crippen MR) is 99.2 cm³/mol. The molecule has 2 nitrogen and oxygen atoms in total. The summed E-state index contributed by atoms with van der Waals surface area (Å²) in [5.74, 6) is 0.588. The molecule has 2 heteroatoms. The molecule has 0 aromatic heterocycles. The zero-order valence-corrected chi connectivity index (χ0v) is 15.3. The quantitative estimate of drug-likeness (QED) is 0.528. The Morgan fingerprint density at radius 3 is 1.65 bits per heavy atom. The smallest absolute Gasteiger partial charge is 0.123 e. The number of rotatable bonds is 6. The average Bonchev–Trinajstić information content (AvgIpc) is 2.44. The van der Waals surface area contributed by atoms with Gasteiger partial charge in [-0.15, -0.1) is 0 Å². The lowest BCUT2D eigenvalue weighted by Crippen LogP contribution is -1.98. The van der Waals surface area contributed by atoms with Crippen molar-refractivity contribution in [2.45, 2.75) is 60.8 Å². The van der Waals surface area contributed by atoms with E-state index in [-0.39, 0.29) is 5.75 Å². The molecule has 0 heterocycles. The number of phenolic OH excluding ortho intramolecular Hbond substituents is 2. The summed E-state index contributed by atoms with van der Waals surface area (Å²) in [7, 11) is 0. The number of allylic oxidation sites excluding steroid dienone is 6. The van der Waals surface area contributed by atoms with Crippen LogP contribution in [0, 0.1) is 0 Å². The van der Waals surface area contributed by atoms with Gasteiger partial charge >= 0.3 is 0 Å². The van der Waals surface area contributed by atoms with E-state index < -0.39 is 0 Å². The lowest BCUT2D eigenvalue weighted by atomic mass is 9.93. The summed E-state index contributed by atoms with van der Waals surface area (Å²) < 4.78 is 0. The fourth-order valence-corrected chi connectivity index (χ4v) is 2.34. The SMILES string of the molecule is CC(C)=CCc1cc(O)c(CC=C(C)C)c(CC=C(C)C)c1O. The van der Waals surface area contributed by atoms with E-state index in [4.69, 9.17) is 0 Å². The Bertz CT molecular complexity index is 634. The highest BCUT2D eigenvalue weighted by Gasteiger charge is 2.15. The molecule has 23 heavy (non-hydrogen) atoms. The minimum absolute atomic E-state index is 0.273. The summed E-state index contributed by atoms with van der Waals surface area (Å²) in [6.07, 6.45) is 8.13. The zero-order valence-electron chi connectivity index (χ0n) is 15.3. The van der Waals surface area contributed by atoms with Crippen molar-refractivity contribution in [2.75, 3.05) is 0 Å². The molecular weight excluding hydrogens is 284 g/mol. The van der Waals surface area contributed by atoms with Crippen LogP contribution >= 0.6 is 0 Å². The highest BCUT2D eigenvalue weighted by atomic mass is 16.3. The Morgan fingerprint density at radius 2 is 1.17 bits per heavy atom. The molecule has 0 aliphatic carbocycles. The van der Waals surface area contributed by atoms with E-state index in [1.165, 1.54) is 16.7 Å². The van der Waals surface area contributed by atoms with Crippen LogP contribution in [0.5, 0.6) is 11.5 Å². The molecule has 1 aromatic carbocycles. The molecule has 0 saturated carbocycles. The van der Waals surface area contributed by atoms with Gasteiger partial charge in [-0.3, -0.25) is 0 Å². The van der Waals surface area contributed by atoms with Gasteiger partial charge in [0.1, 0.15) is 11.5 Å². The van der Waals surface area contributed by atoms with Crippen molar-refractivity contribution >= 4 is 0 Å². The number of phenols is 2. The van der Waals surface area contributed by atoms with Crippen LogP contribution in [-0.2, 0) is 19.3 Å². The Hall–Kier alpha value is -1.96. The largest absolute Gasteiger partial charge is 0.508 e. The molecule has 2 N–H and O–H groups in total. The second kappa shape index (κ2) is 8.61. The molecule has 126 valence electrons. The molecular formula is C21H30O2.